The molecule has 0 aromatic carbocycles. The molecule has 84 valence electrons. The highest BCUT2D eigenvalue weighted by molar-refractivity contribution is 7.89. The van der Waals surface area contributed by atoms with Crippen LogP contribution in [0, 0.1) is 0 Å². The monoisotopic (exact) mass is 225 g/mol. The van der Waals surface area contributed by atoms with Gasteiger partial charge in [0.2, 0.25) is 10.0 Å². The predicted molar refractivity (Wildman–Crippen MR) is 50.4 cm³/mol. The summed E-state index contributed by atoms with van der Waals surface area (Å²) in [7, 11) is -3.77. The van der Waals surface area contributed by atoms with E-state index >= 15 is 0 Å². The highest BCUT2D eigenvalue weighted by atomic mass is 32.2. The van der Waals surface area contributed by atoms with Crippen LogP contribution < -0.4 is 0 Å². The number of carbonyl (C=O) groups is 1. The van der Waals surface area contributed by atoms with Gasteiger partial charge in [-0.2, -0.15) is 4.31 Å². The minimum Gasteiger partial charge on any atom is -0.480 e. The Morgan fingerprint density at radius 1 is 1.36 bits per heavy atom. The average Bonchev–Trinajstić information content (AvgIpc) is 2.01. The molecule has 0 saturated carbocycles. The van der Waals surface area contributed by atoms with E-state index in [1.807, 2.05) is 0 Å². The van der Waals surface area contributed by atoms with Crippen LogP contribution in [0.2, 0.25) is 0 Å². The summed E-state index contributed by atoms with van der Waals surface area (Å²) in [4.78, 5) is 10.3. The summed E-state index contributed by atoms with van der Waals surface area (Å²) < 4.78 is 23.7. The second-order valence-corrected chi connectivity index (χ2v) is 4.74. The number of aliphatic carboxylic acids is 1. The lowest BCUT2D eigenvalue weighted by molar-refractivity contribution is -0.134. The smallest absolute Gasteiger partial charge is 0.320 e. The average molecular weight is 225 g/mol. The number of hydrogen-bond donors (Lipinski definition) is 2. The number of sulfonamides is 1. The van der Waals surface area contributed by atoms with Crippen LogP contribution in [0.3, 0.4) is 0 Å². The van der Waals surface area contributed by atoms with Crippen molar-refractivity contribution >= 4 is 16.0 Å². The van der Waals surface area contributed by atoms with Crippen molar-refractivity contribution in [2.24, 2.45) is 0 Å². The fourth-order valence-electron chi connectivity index (χ4n) is 0.998. The van der Waals surface area contributed by atoms with Crippen molar-refractivity contribution in [2.75, 3.05) is 25.4 Å². The van der Waals surface area contributed by atoms with Gasteiger partial charge in [-0.15, -0.1) is 0 Å². The Labute approximate surface area is 83.2 Å². The molecule has 0 unspecified atom stereocenters. The first-order chi connectivity index (χ1) is 6.44. The van der Waals surface area contributed by atoms with Gasteiger partial charge in [0.1, 0.15) is 0 Å². The maximum absolute atomic E-state index is 11.4. The third kappa shape index (κ3) is 4.54. The fraction of sp³-hybridized carbons (Fsp3) is 0.857. The van der Waals surface area contributed by atoms with E-state index in [1.165, 1.54) is 0 Å². The van der Waals surface area contributed by atoms with Crippen LogP contribution >= 0.6 is 0 Å². The Balaban J connectivity index is 4.53. The first-order valence-electron chi connectivity index (χ1n) is 4.24. The zero-order valence-electron chi connectivity index (χ0n) is 8.01. The molecule has 14 heavy (non-hydrogen) atoms. The van der Waals surface area contributed by atoms with E-state index < -0.39 is 21.7 Å². The molecule has 0 heterocycles. The predicted octanol–water partition coefficient (Wildman–Crippen LogP) is -0.895. The Morgan fingerprint density at radius 3 is 2.29 bits per heavy atom. The molecular weight excluding hydrogens is 210 g/mol. The quantitative estimate of drug-likeness (QED) is 0.586. The lowest BCUT2D eigenvalue weighted by Crippen LogP contribution is -2.37. The Bertz CT molecular complexity index is 268. The summed E-state index contributed by atoms with van der Waals surface area (Å²) in [5.41, 5.74) is 0. The van der Waals surface area contributed by atoms with E-state index in [4.69, 9.17) is 10.2 Å². The van der Waals surface area contributed by atoms with Crippen LogP contribution in [0.1, 0.15) is 13.3 Å². The van der Waals surface area contributed by atoms with Crippen LogP contribution in [-0.4, -0.2) is 54.4 Å². The van der Waals surface area contributed by atoms with Crippen molar-refractivity contribution in [3.63, 3.8) is 0 Å². The summed E-state index contributed by atoms with van der Waals surface area (Å²) >= 11 is 0. The van der Waals surface area contributed by atoms with E-state index in [0.717, 1.165) is 4.31 Å². The summed E-state index contributed by atoms with van der Waals surface area (Å²) in [6.45, 7) is 1.65. The van der Waals surface area contributed by atoms with Gasteiger partial charge >= 0.3 is 5.97 Å². The molecule has 0 amide bonds. The largest absolute Gasteiger partial charge is 0.480 e. The molecule has 0 rings (SSSR count). The summed E-state index contributed by atoms with van der Waals surface area (Å²) in [6, 6.07) is 0. The van der Waals surface area contributed by atoms with Gasteiger partial charge in [-0.3, -0.25) is 4.79 Å². The SMILES string of the molecule is CCCN(CCO)S(=O)(=O)CC(=O)O. The standard InChI is InChI=1S/C7H15NO5S/c1-2-3-8(4-5-9)14(12,13)6-7(10)11/h9H,2-6H2,1H3,(H,10,11). The highest BCUT2D eigenvalue weighted by Crippen LogP contribution is 2.02. The minimum atomic E-state index is -3.77. The molecule has 0 aliphatic heterocycles. The van der Waals surface area contributed by atoms with Gasteiger partial charge in [-0.1, -0.05) is 6.92 Å². The van der Waals surface area contributed by atoms with Crippen molar-refractivity contribution in [1.82, 2.24) is 4.31 Å². The molecule has 0 aliphatic carbocycles. The van der Waals surface area contributed by atoms with Gasteiger partial charge in [0.15, 0.2) is 5.75 Å². The van der Waals surface area contributed by atoms with Crippen molar-refractivity contribution in [3.8, 4) is 0 Å². The number of carboxylic acid groups (broad SMARTS) is 1. The van der Waals surface area contributed by atoms with E-state index in [9.17, 15) is 13.2 Å². The van der Waals surface area contributed by atoms with Crippen LogP contribution in [0.15, 0.2) is 0 Å². The molecule has 0 fully saturated rings. The summed E-state index contributed by atoms with van der Waals surface area (Å²) in [6.07, 6.45) is 0.582. The summed E-state index contributed by atoms with van der Waals surface area (Å²) in [5.74, 6) is -2.31. The molecule has 0 aromatic rings. The third-order valence-corrected chi connectivity index (χ3v) is 3.29. The number of aliphatic hydroxyl groups excluding tert-OH is 1. The molecule has 7 heteroatoms. The third-order valence-electron chi connectivity index (χ3n) is 1.52. The second kappa shape index (κ2) is 5.94. The Morgan fingerprint density at radius 2 is 1.93 bits per heavy atom. The molecule has 0 atom stereocenters. The molecule has 0 spiro atoms. The van der Waals surface area contributed by atoms with Crippen molar-refractivity contribution < 1.29 is 23.4 Å². The molecule has 2 N–H and O–H groups in total. The number of nitrogens with zero attached hydrogens (tertiary/aromatic N) is 1. The highest BCUT2D eigenvalue weighted by Gasteiger charge is 2.23. The van der Waals surface area contributed by atoms with Crippen LogP contribution in [0.5, 0.6) is 0 Å². The van der Waals surface area contributed by atoms with E-state index in [2.05, 4.69) is 0 Å². The lowest BCUT2D eigenvalue weighted by Gasteiger charge is -2.19. The zero-order valence-corrected chi connectivity index (χ0v) is 8.83. The maximum atomic E-state index is 11.4. The van der Waals surface area contributed by atoms with Crippen molar-refractivity contribution in [1.29, 1.82) is 0 Å². The first-order valence-corrected chi connectivity index (χ1v) is 5.85. The van der Waals surface area contributed by atoms with Crippen LogP contribution in [-0.2, 0) is 14.8 Å². The number of hydrogen-bond acceptors (Lipinski definition) is 4. The van der Waals surface area contributed by atoms with Gasteiger partial charge in [-0.05, 0) is 6.42 Å². The van der Waals surface area contributed by atoms with Gasteiger partial charge in [0.05, 0.1) is 6.61 Å². The molecular formula is C7H15NO5S. The molecule has 0 aromatic heterocycles. The molecule has 0 saturated heterocycles. The van der Waals surface area contributed by atoms with E-state index in [0.29, 0.717) is 6.42 Å². The normalized spacial score (nSPS) is 11.9. The second-order valence-electron chi connectivity index (χ2n) is 2.77. The zero-order chi connectivity index (χ0) is 11.2. The maximum Gasteiger partial charge on any atom is 0.320 e. The number of aliphatic hydroxyl groups is 1. The van der Waals surface area contributed by atoms with Gasteiger partial charge in [0, 0.05) is 13.1 Å². The van der Waals surface area contributed by atoms with Crippen LogP contribution in [0.4, 0.5) is 0 Å². The summed E-state index contributed by atoms with van der Waals surface area (Å²) in [5, 5.41) is 17.0. The molecule has 6 nitrogen and oxygen atoms in total. The van der Waals surface area contributed by atoms with Crippen molar-refractivity contribution in [2.45, 2.75) is 13.3 Å². The number of rotatable bonds is 7. The molecule has 0 radical (unpaired) electrons. The van der Waals surface area contributed by atoms with Crippen molar-refractivity contribution in [3.05, 3.63) is 0 Å². The van der Waals surface area contributed by atoms with E-state index in [1.54, 1.807) is 6.92 Å². The van der Waals surface area contributed by atoms with E-state index in [-0.39, 0.29) is 19.7 Å². The van der Waals surface area contributed by atoms with Gasteiger partial charge < -0.3 is 10.2 Å². The van der Waals surface area contributed by atoms with Crippen LogP contribution in [0.25, 0.3) is 0 Å². The Kier molecular flexibility index (Phi) is 5.66. The lowest BCUT2D eigenvalue weighted by atomic mass is 10.5. The topological polar surface area (TPSA) is 94.9 Å². The minimum absolute atomic E-state index is 0.0521. The number of carboxylic acids is 1. The molecule has 0 aliphatic rings. The van der Waals surface area contributed by atoms with Gasteiger partial charge in [-0.25, -0.2) is 8.42 Å². The Hall–Kier alpha value is -0.660. The van der Waals surface area contributed by atoms with Gasteiger partial charge in [0.25, 0.3) is 0 Å². The fourth-order valence-corrected chi connectivity index (χ4v) is 2.31. The first kappa shape index (κ1) is 13.3. The molecule has 0 bridgehead atoms.